The summed E-state index contributed by atoms with van der Waals surface area (Å²) in [5, 5.41) is 14.5. The van der Waals surface area contributed by atoms with E-state index in [4.69, 9.17) is 5.11 Å². The molecule has 0 spiro atoms. The van der Waals surface area contributed by atoms with E-state index in [9.17, 15) is 9.59 Å². The van der Waals surface area contributed by atoms with Crippen LogP contribution in [0.4, 0.5) is 4.79 Å². The van der Waals surface area contributed by atoms with Crippen molar-refractivity contribution in [2.45, 2.75) is 52.0 Å². The van der Waals surface area contributed by atoms with Crippen LogP contribution in [0.2, 0.25) is 0 Å². The number of carboxylic acid groups (broad SMARTS) is 1. The van der Waals surface area contributed by atoms with Crippen LogP contribution in [0.5, 0.6) is 0 Å². The Hall–Kier alpha value is -0.910. The maximum Gasteiger partial charge on any atom is 0.315 e. The molecule has 6 heteroatoms. The summed E-state index contributed by atoms with van der Waals surface area (Å²) >= 11 is 1.88. The van der Waals surface area contributed by atoms with Crippen molar-refractivity contribution in [3.05, 3.63) is 0 Å². The summed E-state index contributed by atoms with van der Waals surface area (Å²) in [6.45, 7) is 4.65. The van der Waals surface area contributed by atoms with Gasteiger partial charge in [-0.2, -0.15) is 11.8 Å². The summed E-state index contributed by atoms with van der Waals surface area (Å²) in [5.41, 5.74) is -0.0631. The van der Waals surface area contributed by atoms with E-state index >= 15 is 0 Å². The van der Waals surface area contributed by atoms with Gasteiger partial charge in [-0.3, -0.25) is 4.79 Å². The fourth-order valence-corrected chi connectivity index (χ4v) is 3.25. The number of carboxylic acids is 1. The molecule has 5 nitrogen and oxygen atoms in total. The lowest BCUT2D eigenvalue weighted by atomic mass is 9.84. The lowest BCUT2D eigenvalue weighted by molar-refractivity contribution is -0.137. The van der Waals surface area contributed by atoms with Crippen molar-refractivity contribution in [1.82, 2.24) is 10.6 Å². The van der Waals surface area contributed by atoms with Crippen LogP contribution < -0.4 is 10.6 Å². The molecule has 1 unspecified atom stereocenters. The molecule has 0 aromatic rings. The first-order valence-electron chi connectivity index (χ1n) is 7.23. The Morgan fingerprint density at radius 2 is 2.10 bits per heavy atom. The van der Waals surface area contributed by atoms with Gasteiger partial charge < -0.3 is 15.7 Å². The highest BCUT2D eigenvalue weighted by molar-refractivity contribution is 7.99. The summed E-state index contributed by atoms with van der Waals surface area (Å²) < 4.78 is 0. The molecule has 0 bridgehead atoms. The van der Waals surface area contributed by atoms with Gasteiger partial charge in [0.25, 0.3) is 0 Å². The van der Waals surface area contributed by atoms with Crippen molar-refractivity contribution >= 4 is 23.8 Å². The minimum atomic E-state index is -0.765. The molecular formula is C14H26N2O3S. The number of urea groups is 1. The van der Waals surface area contributed by atoms with Crippen LogP contribution in [0.25, 0.3) is 0 Å². The van der Waals surface area contributed by atoms with E-state index in [0.717, 1.165) is 25.0 Å². The normalized spacial score (nSPS) is 19.4. The molecular weight excluding hydrogens is 276 g/mol. The third-order valence-corrected chi connectivity index (χ3v) is 4.81. The zero-order valence-electron chi connectivity index (χ0n) is 12.4. The minimum Gasteiger partial charge on any atom is -0.481 e. The van der Waals surface area contributed by atoms with Crippen LogP contribution >= 0.6 is 11.8 Å². The molecule has 0 aromatic heterocycles. The van der Waals surface area contributed by atoms with Crippen molar-refractivity contribution in [1.29, 1.82) is 0 Å². The first kappa shape index (κ1) is 17.1. The van der Waals surface area contributed by atoms with Crippen LogP contribution in [0, 0.1) is 5.41 Å². The van der Waals surface area contributed by atoms with Crippen LogP contribution in [-0.4, -0.2) is 41.2 Å². The van der Waals surface area contributed by atoms with Gasteiger partial charge in [0.05, 0.1) is 0 Å². The molecule has 1 fully saturated rings. The molecule has 0 aromatic carbocycles. The van der Waals surface area contributed by atoms with Crippen LogP contribution in [-0.2, 0) is 4.79 Å². The number of rotatable bonds is 7. The first-order chi connectivity index (χ1) is 9.39. The molecule has 1 aliphatic heterocycles. The summed E-state index contributed by atoms with van der Waals surface area (Å²) in [6, 6.07) is 0.181. The number of carbonyl (C=O) groups excluding carboxylic acids is 1. The largest absolute Gasteiger partial charge is 0.481 e. The number of carbonyl (C=O) groups is 2. The molecule has 0 saturated carbocycles. The second kappa shape index (κ2) is 8.39. The third kappa shape index (κ3) is 7.62. The Morgan fingerprint density at radius 3 is 2.70 bits per heavy atom. The quantitative estimate of drug-likeness (QED) is 0.675. The zero-order valence-corrected chi connectivity index (χ0v) is 13.2. The van der Waals surface area contributed by atoms with Crippen molar-refractivity contribution < 1.29 is 14.7 Å². The smallest absolute Gasteiger partial charge is 0.315 e. The number of amides is 2. The Kier molecular flexibility index (Phi) is 7.19. The number of hydrogen-bond acceptors (Lipinski definition) is 3. The van der Waals surface area contributed by atoms with Gasteiger partial charge in [-0.1, -0.05) is 13.8 Å². The van der Waals surface area contributed by atoms with E-state index in [1.54, 1.807) is 0 Å². The fraction of sp³-hybridized carbons (Fsp3) is 0.857. The molecule has 0 radical (unpaired) electrons. The average molecular weight is 302 g/mol. The lowest BCUT2D eigenvalue weighted by Crippen LogP contribution is -2.45. The molecule has 1 rings (SSSR count). The molecule has 1 atom stereocenters. The predicted octanol–water partition coefficient (Wildman–Crippen LogP) is 2.46. The Bertz CT molecular complexity index is 328. The maximum absolute atomic E-state index is 11.7. The second-order valence-electron chi connectivity index (χ2n) is 6.12. The molecule has 0 aliphatic carbocycles. The van der Waals surface area contributed by atoms with E-state index < -0.39 is 5.97 Å². The minimum absolute atomic E-state index is 0.0631. The standard InChI is InChI=1S/C14H26N2O3S/c1-14(2,6-5-12(17)18)7-8-15-13(19)16-11-4-3-9-20-10-11/h11H,3-10H2,1-2H3,(H,17,18)(H2,15,16,19). The highest BCUT2D eigenvalue weighted by Crippen LogP contribution is 2.26. The summed E-state index contributed by atoms with van der Waals surface area (Å²) in [7, 11) is 0. The SMILES string of the molecule is CC(C)(CCNC(=O)NC1CCCSC1)CCC(=O)O. The molecule has 1 saturated heterocycles. The van der Waals surface area contributed by atoms with E-state index in [1.807, 2.05) is 25.6 Å². The van der Waals surface area contributed by atoms with E-state index in [1.165, 1.54) is 5.75 Å². The Labute approximate surface area is 125 Å². The van der Waals surface area contributed by atoms with Gasteiger partial charge in [0.15, 0.2) is 0 Å². The highest BCUT2D eigenvalue weighted by atomic mass is 32.2. The summed E-state index contributed by atoms with van der Waals surface area (Å²) in [4.78, 5) is 22.3. The van der Waals surface area contributed by atoms with Gasteiger partial charge in [0.2, 0.25) is 0 Å². The predicted molar refractivity (Wildman–Crippen MR) is 82.1 cm³/mol. The fourth-order valence-electron chi connectivity index (χ4n) is 2.18. The number of thioether (sulfide) groups is 1. The third-order valence-electron chi connectivity index (χ3n) is 3.60. The van der Waals surface area contributed by atoms with Gasteiger partial charge in [-0.25, -0.2) is 4.79 Å². The number of nitrogens with one attached hydrogen (secondary N) is 2. The van der Waals surface area contributed by atoms with Crippen molar-refractivity contribution in [2.24, 2.45) is 5.41 Å². The Balaban J connectivity index is 2.15. The maximum atomic E-state index is 11.7. The van der Waals surface area contributed by atoms with Gasteiger partial charge >= 0.3 is 12.0 Å². The van der Waals surface area contributed by atoms with Crippen LogP contribution in [0.15, 0.2) is 0 Å². The van der Waals surface area contributed by atoms with E-state index in [0.29, 0.717) is 13.0 Å². The number of hydrogen-bond donors (Lipinski definition) is 3. The van der Waals surface area contributed by atoms with Crippen molar-refractivity contribution in [3.63, 3.8) is 0 Å². The van der Waals surface area contributed by atoms with Crippen molar-refractivity contribution in [2.75, 3.05) is 18.1 Å². The molecule has 1 aliphatic rings. The summed E-state index contributed by atoms with van der Waals surface area (Å²) in [5.74, 6) is 1.42. The highest BCUT2D eigenvalue weighted by Gasteiger charge is 2.20. The van der Waals surface area contributed by atoms with E-state index in [-0.39, 0.29) is 23.9 Å². The monoisotopic (exact) mass is 302 g/mol. The summed E-state index contributed by atoms with van der Waals surface area (Å²) in [6.07, 6.45) is 3.82. The molecule has 1 heterocycles. The number of aliphatic carboxylic acids is 1. The van der Waals surface area contributed by atoms with Crippen LogP contribution in [0.1, 0.15) is 46.0 Å². The van der Waals surface area contributed by atoms with Gasteiger partial charge in [-0.15, -0.1) is 0 Å². The topological polar surface area (TPSA) is 78.4 Å². The average Bonchev–Trinajstić information content (AvgIpc) is 2.37. The molecule has 116 valence electrons. The van der Waals surface area contributed by atoms with E-state index in [2.05, 4.69) is 10.6 Å². The van der Waals surface area contributed by atoms with Crippen LogP contribution in [0.3, 0.4) is 0 Å². The van der Waals surface area contributed by atoms with Gasteiger partial charge in [0.1, 0.15) is 0 Å². The van der Waals surface area contributed by atoms with Gasteiger partial charge in [-0.05, 0) is 36.9 Å². The van der Waals surface area contributed by atoms with Gasteiger partial charge in [0, 0.05) is 24.8 Å². The molecule has 20 heavy (non-hydrogen) atoms. The molecule has 2 amide bonds. The lowest BCUT2D eigenvalue weighted by Gasteiger charge is -2.25. The second-order valence-corrected chi connectivity index (χ2v) is 7.27. The first-order valence-corrected chi connectivity index (χ1v) is 8.38. The Morgan fingerprint density at radius 1 is 1.35 bits per heavy atom. The van der Waals surface area contributed by atoms with Crippen molar-refractivity contribution in [3.8, 4) is 0 Å². The zero-order chi connectivity index (χ0) is 15.0. The molecule has 3 N–H and O–H groups in total.